The number of rotatable bonds is 3. The van der Waals surface area contributed by atoms with Gasteiger partial charge in [-0.2, -0.15) is 0 Å². The first kappa shape index (κ1) is 11.0. The fraction of sp³-hybridized carbons (Fsp3) is 0.385. The molecule has 0 saturated carbocycles. The molecular formula is C13H16N2O. The summed E-state index contributed by atoms with van der Waals surface area (Å²) in [5.74, 6) is 0.229. The highest BCUT2D eigenvalue weighted by Gasteiger charge is 2.17. The highest BCUT2D eigenvalue weighted by Crippen LogP contribution is 2.28. The van der Waals surface area contributed by atoms with E-state index in [0.717, 1.165) is 23.0 Å². The highest BCUT2D eigenvalue weighted by molar-refractivity contribution is 5.77. The second-order valence-corrected chi connectivity index (χ2v) is 4.10. The van der Waals surface area contributed by atoms with E-state index in [2.05, 4.69) is 16.9 Å². The molecule has 2 unspecified atom stereocenters. The van der Waals surface area contributed by atoms with E-state index in [4.69, 9.17) is 0 Å². The van der Waals surface area contributed by atoms with Crippen LogP contribution < -0.4 is 0 Å². The maximum absolute atomic E-state index is 10.2. The Morgan fingerprint density at radius 1 is 1.25 bits per heavy atom. The first-order valence-corrected chi connectivity index (χ1v) is 5.61. The van der Waals surface area contributed by atoms with E-state index in [0.29, 0.717) is 0 Å². The molecule has 1 heterocycles. The predicted octanol–water partition coefficient (Wildman–Crippen LogP) is 2.71. The van der Waals surface area contributed by atoms with E-state index < -0.39 is 6.10 Å². The molecule has 0 amide bonds. The molecule has 3 nitrogen and oxygen atoms in total. The lowest BCUT2D eigenvalue weighted by Gasteiger charge is -2.18. The van der Waals surface area contributed by atoms with Gasteiger partial charge in [-0.15, -0.1) is 0 Å². The zero-order valence-electron chi connectivity index (χ0n) is 9.59. The fourth-order valence-corrected chi connectivity index (χ4v) is 1.78. The molecule has 0 spiro atoms. The average Bonchev–Trinajstić information content (AvgIpc) is 2.36. The Labute approximate surface area is 95.2 Å². The molecule has 2 rings (SSSR count). The molecule has 16 heavy (non-hydrogen) atoms. The number of hydrogen-bond donors (Lipinski definition) is 1. The highest BCUT2D eigenvalue weighted by atomic mass is 16.3. The Morgan fingerprint density at radius 2 is 2.00 bits per heavy atom. The molecule has 0 radical (unpaired) electrons. The molecule has 0 aliphatic carbocycles. The van der Waals surface area contributed by atoms with Crippen LogP contribution in [0.2, 0.25) is 0 Å². The zero-order valence-corrected chi connectivity index (χ0v) is 9.59. The van der Waals surface area contributed by atoms with Gasteiger partial charge in [-0.25, -0.2) is 0 Å². The number of hydrogen-bond acceptors (Lipinski definition) is 3. The minimum Gasteiger partial charge on any atom is -0.388 e. The SMILES string of the molecule is CCC(C)C(O)c1cccc2nccnc12. The van der Waals surface area contributed by atoms with Gasteiger partial charge in [0.15, 0.2) is 0 Å². The van der Waals surface area contributed by atoms with Crippen molar-refractivity contribution in [1.82, 2.24) is 9.97 Å². The van der Waals surface area contributed by atoms with Crippen LogP contribution in [0.15, 0.2) is 30.6 Å². The topological polar surface area (TPSA) is 46.0 Å². The summed E-state index contributed by atoms with van der Waals surface area (Å²) in [4.78, 5) is 8.53. The summed E-state index contributed by atoms with van der Waals surface area (Å²) in [7, 11) is 0. The normalized spacial score (nSPS) is 14.9. The van der Waals surface area contributed by atoms with Crippen molar-refractivity contribution in [1.29, 1.82) is 0 Å². The summed E-state index contributed by atoms with van der Waals surface area (Å²) >= 11 is 0. The van der Waals surface area contributed by atoms with Gasteiger partial charge in [-0.05, 0) is 12.0 Å². The van der Waals surface area contributed by atoms with Gasteiger partial charge in [0.2, 0.25) is 0 Å². The van der Waals surface area contributed by atoms with E-state index in [9.17, 15) is 5.11 Å². The second kappa shape index (κ2) is 4.58. The van der Waals surface area contributed by atoms with E-state index in [1.54, 1.807) is 12.4 Å². The van der Waals surface area contributed by atoms with Gasteiger partial charge < -0.3 is 5.11 Å². The molecule has 1 aromatic carbocycles. The van der Waals surface area contributed by atoms with Gasteiger partial charge in [-0.3, -0.25) is 9.97 Å². The van der Waals surface area contributed by atoms with E-state index in [-0.39, 0.29) is 5.92 Å². The quantitative estimate of drug-likeness (QED) is 0.858. The third-order valence-corrected chi connectivity index (χ3v) is 3.03. The molecule has 3 heteroatoms. The lowest BCUT2D eigenvalue weighted by atomic mass is 9.94. The van der Waals surface area contributed by atoms with Crippen LogP contribution in [-0.2, 0) is 0 Å². The number of para-hydroxylation sites is 1. The molecule has 0 aliphatic heterocycles. The van der Waals surface area contributed by atoms with Crippen molar-refractivity contribution in [3.63, 3.8) is 0 Å². The van der Waals surface area contributed by atoms with Gasteiger partial charge in [0, 0.05) is 18.0 Å². The summed E-state index contributed by atoms with van der Waals surface area (Å²) in [6.07, 6.45) is 3.81. The van der Waals surface area contributed by atoms with E-state index >= 15 is 0 Å². The van der Waals surface area contributed by atoms with Crippen molar-refractivity contribution in [3.8, 4) is 0 Å². The third kappa shape index (κ3) is 1.91. The third-order valence-electron chi connectivity index (χ3n) is 3.03. The summed E-state index contributed by atoms with van der Waals surface area (Å²) in [5.41, 5.74) is 2.51. The van der Waals surface area contributed by atoms with Crippen molar-refractivity contribution < 1.29 is 5.11 Å². The van der Waals surface area contributed by atoms with Crippen LogP contribution in [0.5, 0.6) is 0 Å². The molecule has 2 atom stereocenters. The Bertz CT molecular complexity index is 479. The summed E-state index contributed by atoms with van der Waals surface area (Å²) < 4.78 is 0. The number of benzene rings is 1. The monoisotopic (exact) mass is 216 g/mol. The van der Waals surface area contributed by atoms with Gasteiger partial charge >= 0.3 is 0 Å². The maximum Gasteiger partial charge on any atom is 0.0944 e. The first-order chi connectivity index (χ1) is 7.74. The minimum atomic E-state index is -0.467. The van der Waals surface area contributed by atoms with Crippen LogP contribution in [0, 0.1) is 5.92 Å². The zero-order chi connectivity index (χ0) is 11.5. The van der Waals surface area contributed by atoms with Gasteiger partial charge in [-0.1, -0.05) is 32.4 Å². The Balaban J connectivity index is 2.52. The number of fused-ring (bicyclic) bond motifs is 1. The number of aliphatic hydroxyl groups is 1. The average molecular weight is 216 g/mol. The fourth-order valence-electron chi connectivity index (χ4n) is 1.78. The molecule has 0 aliphatic rings. The van der Waals surface area contributed by atoms with Crippen LogP contribution in [0.3, 0.4) is 0 Å². The molecule has 0 bridgehead atoms. The molecular weight excluding hydrogens is 200 g/mol. The van der Waals surface area contributed by atoms with Gasteiger partial charge in [0.25, 0.3) is 0 Å². The number of aromatic nitrogens is 2. The summed E-state index contributed by atoms with van der Waals surface area (Å²) in [6, 6.07) is 5.75. The number of nitrogens with zero attached hydrogens (tertiary/aromatic N) is 2. The van der Waals surface area contributed by atoms with E-state index in [1.165, 1.54) is 0 Å². The van der Waals surface area contributed by atoms with Crippen molar-refractivity contribution in [3.05, 3.63) is 36.2 Å². The van der Waals surface area contributed by atoms with Gasteiger partial charge in [0.05, 0.1) is 17.1 Å². The van der Waals surface area contributed by atoms with Crippen LogP contribution in [0.4, 0.5) is 0 Å². The van der Waals surface area contributed by atoms with Crippen LogP contribution in [0.1, 0.15) is 31.9 Å². The van der Waals surface area contributed by atoms with Crippen LogP contribution in [-0.4, -0.2) is 15.1 Å². The summed E-state index contributed by atoms with van der Waals surface area (Å²) in [5, 5.41) is 10.2. The number of aliphatic hydroxyl groups excluding tert-OH is 1. The summed E-state index contributed by atoms with van der Waals surface area (Å²) in [6.45, 7) is 4.12. The Hall–Kier alpha value is -1.48. The van der Waals surface area contributed by atoms with Crippen molar-refractivity contribution in [2.45, 2.75) is 26.4 Å². The molecule has 1 aromatic heterocycles. The Morgan fingerprint density at radius 3 is 2.75 bits per heavy atom. The van der Waals surface area contributed by atoms with Crippen molar-refractivity contribution >= 4 is 11.0 Å². The largest absolute Gasteiger partial charge is 0.388 e. The van der Waals surface area contributed by atoms with E-state index in [1.807, 2.05) is 25.1 Å². The molecule has 2 aromatic rings. The van der Waals surface area contributed by atoms with Crippen LogP contribution >= 0.6 is 0 Å². The second-order valence-electron chi connectivity index (χ2n) is 4.10. The molecule has 0 fully saturated rings. The van der Waals surface area contributed by atoms with Crippen LogP contribution in [0.25, 0.3) is 11.0 Å². The lowest BCUT2D eigenvalue weighted by molar-refractivity contribution is 0.117. The lowest BCUT2D eigenvalue weighted by Crippen LogP contribution is -2.09. The molecule has 1 N–H and O–H groups in total. The first-order valence-electron chi connectivity index (χ1n) is 5.61. The molecule has 84 valence electrons. The minimum absolute atomic E-state index is 0.229. The standard InChI is InChI=1S/C13H16N2O/c1-3-9(2)13(16)10-5-4-6-11-12(10)15-8-7-14-11/h4-9,13,16H,3H2,1-2H3. The van der Waals surface area contributed by atoms with Crippen molar-refractivity contribution in [2.24, 2.45) is 5.92 Å². The van der Waals surface area contributed by atoms with Crippen molar-refractivity contribution in [2.75, 3.05) is 0 Å². The maximum atomic E-state index is 10.2. The predicted molar refractivity (Wildman–Crippen MR) is 64.0 cm³/mol. The molecule has 0 saturated heterocycles. The smallest absolute Gasteiger partial charge is 0.0944 e. The van der Waals surface area contributed by atoms with Gasteiger partial charge in [0.1, 0.15) is 0 Å². The Kier molecular flexibility index (Phi) is 3.15.